The second-order valence-electron chi connectivity index (χ2n) is 4.49. The SMILES string of the molecule is Nc1cc(C(F)(F)F)ccc1SCC(O)c1ccccc1. The zero-order chi connectivity index (χ0) is 15.5. The van der Waals surface area contributed by atoms with Gasteiger partial charge >= 0.3 is 6.18 Å². The second kappa shape index (κ2) is 6.41. The van der Waals surface area contributed by atoms with E-state index in [4.69, 9.17) is 5.73 Å². The Labute approximate surface area is 124 Å². The minimum Gasteiger partial charge on any atom is -0.398 e. The number of nitrogen functional groups attached to an aromatic ring is 1. The summed E-state index contributed by atoms with van der Waals surface area (Å²) in [5.41, 5.74) is 5.69. The summed E-state index contributed by atoms with van der Waals surface area (Å²) in [6, 6.07) is 12.3. The quantitative estimate of drug-likeness (QED) is 0.659. The molecule has 0 aliphatic heterocycles. The van der Waals surface area contributed by atoms with Crippen LogP contribution in [0.1, 0.15) is 17.2 Å². The molecule has 0 saturated heterocycles. The average molecular weight is 313 g/mol. The summed E-state index contributed by atoms with van der Waals surface area (Å²) in [6.45, 7) is 0. The van der Waals surface area contributed by atoms with Crippen LogP contribution in [-0.2, 0) is 6.18 Å². The Kier molecular flexibility index (Phi) is 4.80. The highest BCUT2D eigenvalue weighted by molar-refractivity contribution is 7.99. The summed E-state index contributed by atoms with van der Waals surface area (Å²) >= 11 is 1.23. The minimum atomic E-state index is -4.40. The van der Waals surface area contributed by atoms with E-state index in [1.807, 2.05) is 18.2 Å². The molecule has 0 spiro atoms. The van der Waals surface area contributed by atoms with Crippen molar-refractivity contribution in [3.05, 3.63) is 59.7 Å². The molecule has 0 aliphatic carbocycles. The maximum absolute atomic E-state index is 12.5. The van der Waals surface area contributed by atoms with E-state index in [9.17, 15) is 18.3 Å². The summed E-state index contributed by atoms with van der Waals surface area (Å²) < 4.78 is 37.6. The number of anilines is 1. The Morgan fingerprint density at radius 1 is 1.10 bits per heavy atom. The molecule has 0 bridgehead atoms. The van der Waals surface area contributed by atoms with Crippen molar-refractivity contribution in [1.82, 2.24) is 0 Å². The van der Waals surface area contributed by atoms with E-state index in [0.29, 0.717) is 10.6 Å². The fourth-order valence-electron chi connectivity index (χ4n) is 1.80. The molecule has 0 saturated carbocycles. The molecule has 3 N–H and O–H groups in total. The van der Waals surface area contributed by atoms with Crippen LogP contribution in [0.15, 0.2) is 53.4 Å². The molecular formula is C15H14F3NOS. The molecule has 21 heavy (non-hydrogen) atoms. The second-order valence-corrected chi connectivity index (χ2v) is 5.55. The van der Waals surface area contributed by atoms with Gasteiger partial charge in [0.2, 0.25) is 0 Å². The van der Waals surface area contributed by atoms with Crippen molar-refractivity contribution in [1.29, 1.82) is 0 Å². The first kappa shape index (κ1) is 15.7. The maximum atomic E-state index is 12.5. The zero-order valence-electron chi connectivity index (χ0n) is 11.0. The van der Waals surface area contributed by atoms with Gasteiger partial charge < -0.3 is 10.8 Å². The van der Waals surface area contributed by atoms with Gasteiger partial charge in [-0.25, -0.2) is 0 Å². The third-order valence-electron chi connectivity index (χ3n) is 2.92. The van der Waals surface area contributed by atoms with Crippen LogP contribution in [0.3, 0.4) is 0 Å². The van der Waals surface area contributed by atoms with Gasteiger partial charge in [0, 0.05) is 16.3 Å². The number of alkyl halides is 3. The topological polar surface area (TPSA) is 46.2 Å². The number of nitrogens with two attached hydrogens (primary N) is 1. The Bertz CT molecular complexity index is 602. The van der Waals surface area contributed by atoms with E-state index in [1.165, 1.54) is 17.8 Å². The highest BCUT2D eigenvalue weighted by atomic mass is 32.2. The van der Waals surface area contributed by atoms with Crippen molar-refractivity contribution in [2.75, 3.05) is 11.5 Å². The third kappa shape index (κ3) is 4.15. The number of rotatable bonds is 4. The molecule has 2 rings (SSSR count). The molecule has 0 heterocycles. The highest BCUT2D eigenvalue weighted by Gasteiger charge is 2.30. The Balaban J connectivity index is 2.04. The molecule has 1 atom stereocenters. The van der Waals surface area contributed by atoms with Gasteiger partial charge in [-0.1, -0.05) is 30.3 Å². The number of hydrogen-bond donors (Lipinski definition) is 2. The largest absolute Gasteiger partial charge is 0.416 e. The maximum Gasteiger partial charge on any atom is 0.416 e. The molecule has 0 aromatic heterocycles. The first-order valence-corrected chi connectivity index (χ1v) is 7.19. The van der Waals surface area contributed by atoms with Gasteiger partial charge in [-0.15, -0.1) is 11.8 Å². The molecule has 1 unspecified atom stereocenters. The van der Waals surface area contributed by atoms with E-state index in [2.05, 4.69) is 0 Å². The number of benzene rings is 2. The minimum absolute atomic E-state index is 0.0649. The molecule has 6 heteroatoms. The summed E-state index contributed by atoms with van der Waals surface area (Å²) in [7, 11) is 0. The average Bonchev–Trinajstić information content (AvgIpc) is 2.45. The van der Waals surface area contributed by atoms with Gasteiger partial charge in [-0.3, -0.25) is 0 Å². The van der Waals surface area contributed by atoms with Crippen LogP contribution in [0.25, 0.3) is 0 Å². The summed E-state index contributed by atoms with van der Waals surface area (Å²) in [6.07, 6.45) is -5.10. The number of hydrogen-bond acceptors (Lipinski definition) is 3. The van der Waals surface area contributed by atoms with E-state index in [0.717, 1.165) is 17.7 Å². The van der Waals surface area contributed by atoms with Crippen LogP contribution < -0.4 is 5.73 Å². The Hall–Kier alpha value is -1.66. The van der Waals surface area contributed by atoms with Crippen molar-refractivity contribution < 1.29 is 18.3 Å². The number of halogens is 3. The molecule has 2 nitrogen and oxygen atoms in total. The molecule has 2 aromatic rings. The summed E-state index contributed by atoms with van der Waals surface area (Å²) in [5.74, 6) is 0.319. The lowest BCUT2D eigenvalue weighted by Crippen LogP contribution is -2.06. The fraction of sp³-hybridized carbons (Fsp3) is 0.200. The van der Waals surface area contributed by atoms with Crippen LogP contribution in [0.5, 0.6) is 0 Å². The van der Waals surface area contributed by atoms with Crippen LogP contribution in [0.4, 0.5) is 18.9 Å². The lowest BCUT2D eigenvalue weighted by Gasteiger charge is -2.13. The summed E-state index contributed by atoms with van der Waals surface area (Å²) in [4.78, 5) is 0.526. The predicted molar refractivity (Wildman–Crippen MR) is 78.0 cm³/mol. The van der Waals surface area contributed by atoms with E-state index in [1.54, 1.807) is 12.1 Å². The van der Waals surface area contributed by atoms with Gasteiger partial charge in [0.25, 0.3) is 0 Å². The standard InChI is InChI=1S/C15H14F3NOS/c16-15(17,18)11-6-7-14(12(19)8-11)21-9-13(20)10-4-2-1-3-5-10/h1-8,13,20H,9,19H2. The molecule has 0 amide bonds. The van der Waals surface area contributed by atoms with Gasteiger partial charge in [-0.05, 0) is 23.8 Å². The van der Waals surface area contributed by atoms with E-state index in [-0.39, 0.29) is 5.69 Å². The molecule has 112 valence electrons. The first-order valence-electron chi connectivity index (χ1n) is 6.20. The van der Waals surface area contributed by atoms with Crippen molar-refractivity contribution in [3.63, 3.8) is 0 Å². The van der Waals surface area contributed by atoms with Gasteiger partial charge in [0.05, 0.1) is 11.7 Å². The smallest absolute Gasteiger partial charge is 0.398 e. The predicted octanol–water partition coefficient (Wildman–Crippen LogP) is 4.11. The van der Waals surface area contributed by atoms with E-state index >= 15 is 0 Å². The molecule has 0 aliphatic rings. The van der Waals surface area contributed by atoms with Crippen LogP contribution in [0.2, 0.25) is 0 Å². The third-order valence-corrected chi connectivity index (χ3v) is 4.08. The lowest BCUT2D eigenvalue weighted by atomic mass is 10.1. The fourth-order valence-corrected chi connectivity index (χ4v) is 2.72. The molecule has 2 aromatic carbocycles. The molecule has 0 radical (unpaired) electrons. The lowest BCUT2D eigenvalue weighted by molar-refractivity contribution is -0.137. The van der Waals surface area contributed by atoms with Crippen LogP contribution in [0, 0.1) is 0 Å². The normalized spacial score (nSPS) is 13.1. The van der Waals surface area contributed by atoms with E-state index < -0.39 is 17.8 Å². The number of aliphatic hydroxyl groups excluding tert-OH is 1. The van der Waals surface area contributed by atoms with Crippen LogP contribution in [-0.4, -0.2) is 10.9 Å². The van der Waals surface area contributed by atoms with Crippen molar-refractivity contribution in [2.45, 2.75) is 17.2 Å². The number of thioether (sulfide) groups is 1. The van der Waals surface area contributed by atoms with Gasteiger partial charge in [0.1, 0.15) is 0 Å². The molecule has 0 fully saturated rings. The van der Waals surface area contributed by atoms with Gasteiger partial charge in [-0.2, -0.15) is 13.2 Å². The van der Waals surface area contributed by atoms with Crippen molar-refractivity contribution in [2.24, 2.45) is 0 Å². The highest BCUT2D eigenvalue weighted by Crippen LogP contribution is 2.35. The van der Waals surface area contributed by atoms with Crippen LogP contribution >= 0.6 is 11.8 Å². The summed E-state index contributed by atoms with van der Waals surface area (Å²) in [5, 5.41) is 10.0. The van der Waals surface area contributed by atoms with Gasteiger partial charge in [0.15, 0.2) is 0 Å². The number of aliphatic hydroxyl groups is 1. The Morgan fingerprint density at radius 3 is 2.33 bits per heavy atom. The molecular weight excluding hydrogens is 299 g/mol. The monoisotopic (exact) mass is 313 g/mol. The Morgan fingerprint density at radius 2 is 1.76 bits per heavy atom. The van der Waals surface area contributed by atoms with Crippen molar-refractivity contribution >= 4 is 17.4 Å². The van der Waals surface area contributed by atoms with Crippen molar-refractivity contribution in [3.8, 4) is 0 Å². The zero-order valence-corrected chi connectivity index (χ0v) is 11.8. The first-order chi connectivity index (χ1) is 9.88.